The highest BCUT2D eigenvalue weighted by Gasteiger charge is 2.31. The second-order valence-electron chi connectivity index (χ2n) is 5.61. The van der Waals surface area contributed by atoms with Crippen molar-refractivity contribution in [3.8, 4) is 0 Å². The van der Waals surface area contributed by atoms with Crippen LogP contribution >= 0.6 is 11.6 Å². The van der Waals surface area contributed by atoms with Gasteiger partial charge in [0, 0.05) is 37.9 Å². The monoisotopic (exact) mass is 348 g/mol. The van der Waals surface area contributed by atoms with Crippen LogP contribution in [0.4, 0.5) is 0 Å². The van der Waals surface area contributed by atoms with Gasteiger partial charge in [-0.05, 0) is 11.6 Å². The summed E-state index contributed by atoms with van der Waals surface area (Å²) in [6, 6.07) is 7.04. The second kappa shape index (κ2) is 6.62. The SMILES string of the molecule is Cn1c(=O)[nH]cc(C(=O)N2CCNCC2c2ccccc2Cl)c1=O. The van der Waals surface area contributed by atoms with Crippen LogP contribution in [-0.2, 0) is 7.05 Å². The van der Waals surface area contributed by atoms with Crippen molar-refractivity contribution in [2.45, 2.75) is 6.04 Å². The Balaban J connectivity index is 2.01. The van der Waals surface area contributed by atoms with Gasteiger partial charge >= 0.3 is 5.69 Å². The summed E-state index contributed by atoms with van der Waals surface area (Å²) in [6.45, 7) is 1.60. The Morgan fingerprint density at radius 3 is 2.79 bits per heavy atom. The lowest BCUT2D eigenvalue weighted by molar-refractivity contribution is 0.0631. The molecule has 1 amide bonds. The number of H-pyrrole nitrogens is 1. The van der Waals surface area contributed by atoms with Gasteiger partial charge in [-0.3, -0.25) is 14.2 Å². The zero-order valence-corrected chi connectivity index (χ0v) is 13.8. The fourth-order valence-corrected chi connectivity index (χ4v) is 3.11. The molecule has 1 aromatic carbocycles. The molecule has 1 aliphatic rings. The standard InChI is InChI=1S/C16H17ClN4O3/c1-20-14(22)11(8-19-16(20)24)15(23)21-7-6-18-9-13(21)10-4-2-3-5-12(10)17/h2-5,8,13,18H,6-7,9H2,1H3,(H,19,24). The van der Waals surface area contributed by atoms with E-state index in [9.17, 15) is 14.4 Å². The number of nitrogens with zero attached hydrogens (tertiary/aromatic N) is 2. The van der Waals surface area contributed by atoms with Gasteiger partial charge in [-0.2, -0.15) is 0 Å². The van der Waals surface area contributed by atoms with Crippen molar-refractivity contribution in [3.05, 3.63) is 67.4 Å². The summed E-state index contributed by atoms with van der Waals surface area (Å²) in [7, 11) is 1.33. The van der Waals surface area contributed by atoms with E-state index in [0.29, 0.717) is 24.7 Å². The molecule has 7 nitrogen and oxygen atoms in total. The van der Waals surface area contributed by atoms with E-state index in [4.69, 9.17) is 11.6 Å². The van der Waals surface area contributed by atoms with E-state index < -0.39 is 17.2 Å². The van der Waals surface area contributed by atoms with E-state index in [0.717, 1.165) is 10.1 Å². The number of amides is 1. The van der Waals surface area contributed by atoms with Crippen molar-refractivity contribution in [2.75, 3.05) is 19.6 Å². The van der Waals surface area contributed by atoms with Crippen molar-refractivity contribution in [2.24, 2.45) is 7.05 Å². The fourth-order valence-electron chi connectivity index (χ4n) is 2.84. The first-order chi connectivity index (χ1) is 11.5. The van der Waals surface area contributed by atoms with Gasteiger partial charge < -0.3 is 15.2 Å². The predicted octanol–water partition coefficient (Wildman–Crippen LogP) is 0.514. The van der Waals surface area contributed by atoms with Crippen LogP contribution in [0.5, 0.6) is 0 Å². The molecule has 0 radical (unpaired) electrons. The van der Waals surface area contributed by atoms with Crippen LogP contribution in [0.1, 0.15) is 22.0 Å². The molecular formula is C16H17ClN4O3. The second-order valence-corrected chi connectivity index (χ2v) is 6.02. The van der Waals surface area contributed by atoms with Gasteiger partial charge in [0.25, 0.3) is 11.5 Å². The van der Waals surface area contributed by atoms with E-state index in [1.54, 1.807) is 11.0 Å². The Labute approximate surface area is 142 Å². The molecule has 2 heterocycles. The van der Waals surface area contributed by atoms with Crippen LogP contribution in [-0.4, -0.2) is 40.0 Å². The average Bonchev–Trinajstić information content (AvgIpc) is 2.60. The van der Waals surface area contributed by atoms with Crippen LogP contribution in [0.25, 0.3) is 0 Å². The molecule has 1 saturated heterocycles. The van der Waals surface area contributed by atoms with E-state index in [1.807, 2.05) is 18.2 Å². The molecule has 8 heteroatoms. The minimum absolute atomic E-state index is 0.0592. The number of benzene rings is 1. The van der Waals surface area contributed by atoms with Crippen molar-refractivity contribution in [1.29, 1.82) is 0 Å². The zero-order valence-electron chi connectivity index (χ0n) is 13.1. The molecular weight excluding hydrogens is 332 g/mol. The summed E-state index contributed by atoms with van der Waals surface area (Å²) in [5, 5.41) is 3.81. The summed E-state index contributed by atoms with van der Waals surface area (Å²) >= 11 is 6.27. The number of hydrogen-bond donors (Lipinski definition) is 2. The van der Waals surface area contributed by atoms with Crippen LogP contribution in [0, 0.1) is 0 Å². The van der Waals surface area contributed by atoms with Gasteiger partial charge in [0.15, 0.2) is 0 Å². The Hall–Kier alpha value is -2.38. The fraction of sp³-hybridized carbons (Fsp3) is 0.312. The van der Waals surface area contributed by atoms with Gasteiger partial charge in [-0.25, -0.2) is 4.79 Å². The lowest BCUT2D eigenvalue weighted by Gasteiger charge is -2.36. The van der Waals surface area contributed by atoms with Crippen LogP contribution in [0.3, 0.4) is 0 Å². The van der Waals surface area contributed by atoms with E-state index in [-0.39, 0.29) is 11.6 Å². The maximum Gasteiger partial charge on any atom is 0.328 e. The third-order valence-electron chi connectivity index (χ3n) is 4.18. The number of carbonyl (C=O) groups is 1. The first-order valence-electron chi connectivity index (χ1n) is 7.55. The number of nitrogens with one attached hydrogen (secondary N) is 2. The van der Waals surface area contributed by atoms with Gasteiger partial charge in [-0.15, -0.1) is 0 Å². The molecule has 24 heavy (non-hydrogen) atoms. The molecule has 126 valence electrons. The van der Waals surface area contributed by atoms with Crippen molar-refractivity contribution < 1.29 is 4.79 Å². The molecule has 0 aliphatic carbocycles. The Kier molecular flexibility index (Phi) is 4.55. The molecule has 1 unspecified atom stereocenters. The normalized spacial score (nSPS) is 17.8. The van der Waals surface area contributed by atoms with E-state index >= 15 is 0 Å². The van der Waals surface area contributed by atoms with Crippen molar-refractivity contribution in [1.82, 2.24) is 19.8 Å². The van der Waals surface area contributed by atoms with Crippen molar-refractivity contribution >= 4 is 17.5 Å². The maximum absolute atomic E-state index is 12.9. The number of rotatable bonds is 2. The number of hydrogen-bond acceptors (Lipinski definition) is 4. The number of halogens is 1. The first kappa shape index (κ1) is 16.5. The molecule has 0 spiro atoms. The lowest BCUT2D eigenvalue weighted by atomic mass is 10.0. The molecule has 2 N–H and O–H groups in total. The Bertz CT molecular complexity index is 889. The highest BCUT2D eigenvalue weighted by atomic mass is 35.5. The molecule has 1 fully saturated rings. The molecule has 0 saturated carbocycles. The summed E-state index contributed by atoms with van der Waals surface area (Å²) in [6.07, 6.45) is 1.18. The number of aromatic amines is 1. The first-order valence-corrected chi connectivity index (χ1v) is 7.93. The smallest absolute Gasteiger partial charge is 0.328 e. The molecule has 1 aromatic heterocycles. The largest absolute Gasteiger partial charge is 0.329 e. The van der Waals surface area contributed by atoms with Gasteiger partial charge in [0.2, 0.25) is 0 Å². The van der Waals surface area contributed by atoms with Gasteiger partial charge in [0.1, 0.15) is 5.56 Å². The average molecular weight is 349 g/mol. The quantitative estimate of drug-likeness (QED) is 0.828. The molecule has 0 bridgehead atoms. The maximum atomic E-state index is 12.9. The Morgan fingerprint density at radius 2 is 2.04 bits per heavy atom. The third kappa shape index (κ3) is 2.88. The molecule has 1 atom stereocenters. The summed E-state index contributed by atoms with van der Waals surface area (Å²) < 4.78 is 0.889. The number of piperazine rings is 1. The number of aromatic nitrogens is 2. The highest BCUT2D eigenvalue weighted by molar-refractivity contribution is 6.31. The summed E-state index contributed by atoms with van der Waals surface area (Å²) in [5.41, 5.74) is -0.406. The summed E-state index contributed by atoms with van der Waals surface area (Å²) in [5.74, 6) is -0.418. The lowest BCUT2D eigenvalue weighted by Crippen LogP contribution is -2.50. The zero-order chi connectivity index (χ0) is 17.3. The minimum Gasteiger partial charge on any atom is -0.329 e. The Morgan fingerprint density at radius 1 is 1.29 bits per heavy atom. The summed E-state index contributed by atoms with van der Waals surface area (Å²) in [4.78, 5) is 40.6. The highest BCUT2D eigenvalue weighted by Crippen LogP contribution is 2.29. The van der Waals surface area contributed by atoms with Gasteiger partial charge in [-0.1, -0.05) is 29.8 Å². The van der Waals surface area contributed by atoms with Crippen LogP contribution < -0.4 is 16.6 Å². The molecule has 2 aromatic rings. The van der Waals surface area contributed by atoms with Crippen LogP contribution in [0.15, 0.2) is 40.1 Å². The van der Waals surface area contributed by atoms with E-state index in [1.165, 1.54) is 13.2 Å². The van der Waals surface area contributed by atoms with E-state index in [2.05, 4.69) is 10.3 Å². The third-order valence-corrected chi connectivity index (χ3v) is 4.52. The van der Waals surface area contributed by atoms with Gasteiger partial charge in [0.05, 0.1) is 6.04 Å². The molecule has 3 rings (SSSR count). The minimum atomic E-state index is -0.611. The van der Waals surface area contributed by atoms with Crippen LogP contribution in [0.2, 0.25) is 5.02 Å². The molecule has 1 aliphatic heterocycles. The topological polar surface area (TPSA) is 87.2 Å². The van der Waals surface area contributed by atoms with Crippen molar-refractivity contribution in [3.63, 3.8) is 0 Å². The predicted molar refractivity (Wildman–Crippen MR) is 90.4 cm³/mol. The number of carbonyl (C=O) groups excluding carboxylic acids is 1.